The van der Waals surface area contributed by atoms with Crippen LogP contribution in [0.25, 0.3) is 111 Å². The van der Waals surface area contributed by atoms with Gasteiger partial charge in [-0.25, -0.2) is 0 Å². The second-order valence-corrected chi connectivity index (χ2v) is 18.9. The summed E-state index contributed by atoms with van der Waals surface area (Å²) in [7, 11) is 0. The van der Waals surface area contributed by atoms with E-state index in [1.165, 1.54) is 94.3 Å². The topological polar surface area (TPSA) is 9.86 Å². The molecule has 2 aromatic heterocycles. The second-order valence-electron chi connectivity index (χ2n) is 18.9. The molecule has 1 aliphatic carbocycles. The number of aromatic nitrogens is 2. The highest BCUT2D eigenvalue weighted by atomic mass is 15.0. The molecule has 0 bridgehead atoms. The molecule has 0 saturated heterocycles. The van der Waals surface area contributed by atoms with E-state index in [-0.39, 0.29) is 0 Å². The molecule has 12 aromatic rings. The molecule has 340 valence electrons. The molecule has 2 nitrogen and oxygen atoms in total. The predicted molar refractivity (Wildman–Crippen MR) is 304 cm³/mol. The molecule has 0 amide bonds. The molecule has 72 heavy (non-hydrogen) atoms. The van der Waals surface area contributed by atoms with Crippen molar-refractivity contribution in [2.75, 3.05) is 0 Å². The number of hydrogen-bond acceptors (Lipinski definition) is 0. The third-order valence-electron chi connectivity index (χ3n) is 14.4. The zero-order valence-electron chi connectivity index (χ0n) is 39.9. The van der Waals surface area contributed by atoms with Gasteiger partial charge < -0.3 is 9.13 Å². The van der Waals surface area contributed by atoms with Crippen molar-refractivity contribution in [3.05, 3.63) is 290 Å². The van der Waals surface area contributed by atoms with Crippen LogP contribution in [0, 0.1) is 0 Å². The molecule has 1 aliphatic rings. The van der Waals surface area contributed by atoms with Gasteiger partial charge in [-0.15, -0.1) is 0 Å². The first-order chi connectivity index (χ1) is 35.7. The highest BCUT2D eigenvalue weighted by Crippen LogP contribution is 2.43. The minimum Gasteiger partial charge on any atom is -0.310 e. The van der Waals surface area contributed by atoms with E-state index in [0.29, 0.717) is 0 Å². The average Bonchev–Trinajstić information content (AvgIpc) is 4.04. The maximum Gasteiger partial charge on any atom is 0.0542 e. The number of benzene rings is 10. The molecule has 0 spiro atoms. The molecule has 0 saturated carbocycles. The van der Waals surface area contributed by atoms with Crippen molar-refractivity contribution in [3.8, 4) is 78.3 Å². The molecule has 2 heteroatoms. The van der Waals surface area contributed by atoms with Crippen LogP contribution in [0.15, 0.2) is 279 Å². The van der Waals surface area contributed by atoms with E-state index in [9.17, 15) is 0 Å². The van der Waals surface area contributed by atoms with Crippen molar-refractivity contribution < 1.29 is 0 Å². The van der Waals surface area contributed by atoms with Gasteiger partial charge >= 0.3 is 0 Å². The molecule has 13 rings (SSSR count). The number of allylic oxidation sites excluding steroid dienone is 4. The fourth-order valence-electron chi connectivity index (χ4n) is 10.8. The Morgan fingerprint density at radius 3 is 0.917 bits per heavy atom. The summed E-state index contributed by atoms with van der Waals surface area (Å²) in [6.45, 7) is 0. The lowest BCUT2D eigenvalue weighted by molar-refractivity contribution is 1.02. The van der Waals surface area contributed by atoms with Crippen LogP contribution in [-0.4, -0.2) is 9.13 Å². The van der Waals surface area contributed by atoms with Crippen LogP contribution in [0.2, 0.25) is 0 Å². The minimum absolute atomic E-state index is 0.935. The smallest absolute Gasteiger partial charge is 0.0542 e. The average molecular weight is 919 g/mol. The Morgan fingerprint density at radius 2 is 0.528 bits per heavy atom. The molecule has 0 unspecified atom stereocenters. The van der Waals surface area contributed by atoms with Gasteiger partial charge in [0.2, 0.25) is 0 Å². The Kier molecular flexibility index (Phi) is 11.1. The van der Waals surface area contributed by atoms with Crippen LogP contribution in [0.5, 0.6) is 0 Å². The van der Waals surface area contributed by atoms with E-state index in [4.69, 9.17) is 0 Å². The number of fused-ring (bicyclic) bond motifs is 2. The molecule has 0 N–H and O–H groups in total. The SMILES string of the molecule is C1=C(c2ccccc2)CCC(c2cc3cc4c(cc(-c5ccc(-c6ccccc6)cc5)n4-c4cc(-c5ccccc5)cc(-c5ccccc5)c4)cc3n2-c2cc(-c3ccccc3)cc(-c3ccccc3)c2)=C1. The number of hydrogen-bond donors (Lipinski definition) is 0. The van der Waals surface area contributed by atoms with Crippen molar-refractivity contribution in [1.29, 1.82) is 0 Å². The van der Waals surface area contributed by atoms with E-state index in [2.05, 4.69) is 288 Å². The molecule has 0 fully saturated rings. The van der Waals surface area contributed by atoms with Crippen molar-refractivity contribution in [2.45, 2.75) is 12.8 Å². The zero-order valence-corrected chi connectivity index (χ0v) is 39.9. The number of rotatable bonds is 10. The standard InChI is InChI=1S/C70H50N2/c1-7-19-49(20-8-1)55-31-35-57(36-32-55)67-45-63-47-70-64(48-69(63)71(67)65-41-59(51-23-11-3-12-24-51)39-60(42-65)52-25-13-4-14-26-52)46-68(58-37-33-56(34-38-58)50-21-9-2-10-22-50)72(70)66-43-61(53-27-15-5-16-28-53)40-62(44-66)54-29-17-6-18-30-54/h1-33,35-37,39-48H,34,38H2. The number of nitrogens with zero attached hydrogens (tertiary/aromatic N) is 2. The summed E-state index contributed by atoms with van der Waals surface area (Å²) < 4.78 is 5.04. The van der Waals surface area contributed by atoms with Crippen LogP contribution in [-0.2, 0) is 0 Å². The quantitative estimate of drug-likeness (QED) is 0.129. The van der Waals surface area contributed by atoms with Crippen molar-refractivity contribution in [1.82, 2.24) is 9.13 Å². The van der Waals surface area contributed by atoms with Crippen LogP contribution < -0.4 is 0 Å². The van der Waals surface area contributed by atoms with Gasteiger partial charge in [0.15, 0.2) is 0 Å². The Morgan fingerprint density at radius 1 is 0.222 bits per heavy atom. The summed E-state index contributed by atoms with van der Waals surface area (Å²) in [5.74, 6) is 0. The second kappa shape index (κ2) is 18.6. The van der Waals surface area contributed by atoms with Crippen LogP contribution in [0.4, 0.5) is 0 Å². The maximum atomic E-state index is 2.54. The Labute approximate surface area is 421 Å². The van der Waals surface area contributed by atoms with Gasteiger partial charge in [0.1, 0.15) is 0 Å². The van der Waals surface area contributed by atoms with Gasteiger partial charge in [-0.05, 0) is 151 Å². The molecule has 2 heterocycles. The molecule has 0 radical (unpaired) electrons. The highest BCUT2D eigenvalue weighted by Gasteiger charge is 2.22. The van der Waals surface area contributed by atoms with Crippen molar-refractivity contribution in [2.24, 2.45) is 0 Å². The lowest BCUT2D eigenvalue weighted by atomic mass is 9.92. The van der Waals surface area contributed by atoms with Gasteiger partial charge in [0.05, 0.1) is 22.4 Å². The molecular formula is C70H50N2. The van der Waals surface area contributed by atoms with E-state index < -0.39 is 0 Å². The molecule has 0 aliphatic heterocycles. The highest BCUT2D eigenvalue weighted by molar-refractivity contribution is 6.02. The van der Waals surface area contributed by atoms with Gasteiger partial charge in [-0.2, -0.15) is 0 Å². The van der Waals surface area contributed by atoms with Gasteiger partial charge in [-0.3, -0.25) is 0 Å². The van der Waals surface area contributed by atoms with Gasteiger partial charge in [0.25, 0.3) is 0 Å². The van der Waals surface area contributed by atoms with E-state index >= 15 is 0 Å². The van der Waals surface area contributed by atoms with E-state index in [1.54, 1.807) is 0 Å². The fraction of sp³-hybridized carbons (Fsp3) is 0.0286. The summed E-state index contributed by atoms with van der Waals surface area (Å²) in [5, 5.41) is 2.36. The summed E-state index contributed by atoms with van der Waals surface area (Å²) in [6.07, 6.45) is 6.62. The van der Waals surface area contributed by atoms with E-state index in [1.807, 2.05) is 0 Å². The normalized spacial score (nSPS) is 12.5. The van der Waals surface area contributed by atoms with Gasteiger partial charge in [-0.1, -0.05) is 218 Å². The van der Waals surface area contributed by atoms with Crippen LogP contribution in [0.3, 0.4) is 0 Å². The Bertz CT molecular complexity index is 3840. The van der Waals surface area contributed by atoms with E-state index in [0.717, 1.165) is 41.0 Å². The fourth-order valence-corrected chi connectivity index (χ4v) is 10.8. The van der Waals surface area contributed by atoms with Gasteiger partial charge in [0, 0.05) is 22.1 Å². The maximum absolute atomic E-state index is 2.54. The third kappa shape index (κ3) is 8.19. The molecule has 10 aromatic carbocycles. The summed E-state index contributed by atoms with van der Waals surface area (Å²) in [4.78, 5) is 0. The summed E-state index contributed by atoms with van der Waals surface area (Å²) in [6, 6.07) is 97.7. The zero-order chi connectivity index (χ0) is 47.8. The Balaban J connectivity index is 1.08. The molecular weight excluding hydrogens is 869 g/mol. The first-order valence-corrected chi connectivity index (χ1v) is 25.0. The van der Waals surface area contributed by atoms with Crippen molar-refractivity contribution in [3.63, 3.8) is 0 Å². The first kappa shape index (κ1) is 42.8. The minimum atomic E-state index is 0.935. The van der Waals surface area contributed by atoms with Crippen LogP contribution >= 0.6 is 0 Å². The van der Waals surface area contributed by atoms with Crippen LogP contribution in [0.1, 0.15) is 24.1 Å². The lowest BCUT2D eigenvalue weighted by Crippen LogP contribution is -2.03. The lowest BCUT2D eigenvalue weighted by Gasteiger charge is -2.19. The first-order valence-electron chi connectivity index (χ1n) is 25.0. The van der Waals surface area contributed by atoms with Crippen molar-refractivity contribution >= 4 is 33.0 Å². The largest absolute Gasteiger partial charge is 0.310 e. The Hall–Kier alpha value is -9.24. The monoisotopic (exact) mass is 918 g/mol. The summed E-state index contributed by atoms with van der Waals surface area (Å²) >= 11 is 0. The predicted octanol–water partition coefficient (Wildman–Crippen LogP) is 18.8. The third-order valence-corrected chi connectivity index (χ3v) is 14.4. The molecule has 0 atom stereocenters. The summed E-state index contributed by atoms with van der Waals surface area (Å²) in [5.41, 5.74) is 23.9.